The molecule has 0 saturated carbocycles. The van der Waals surface area contributed by atoms with Crippen molar-refractivity contribution in [1.82, 2.24) is 5.32 Å². The van der Waals surface area contributed by atoms with Crippen LogP contribution in [0.4, 0.5) is 0 Å². The summed E-state index contributed by atoms with van der Waals surface area (Å²) in [7, 11) is 0. The molecular weight excluding hydrogens is 190 g/mol. The smallest absolute Gasteiger partial charge is 0.00486 e. The van der Waals surface area contributed by atoms with Crippen molar-refractivity contribution in [2.24, 2.45) is 5.92 Å². The van der Waals surface area contributed by atoms with Gasteiger partial charge in [-0.3, -0.25) is 0 Å². The highest BCUT2D eigenvalue weighted by Crippen LogP contribution is 2.05. The Balaban J connectivity index is 2.85. The fourth-order valence-electron chi connectivity index (χ4n) is 1.42. The quantitative estimate of drug-likeness (QED) is 0.562. The van der Waals surface area contributed by atoms with Gasteiger partial charge in [-0.2, -0.15) is 11.8 Å². The first-order chi connectivity index (χ1) is 6.77. The maximum atomic E-state index is 3.51. The normalized spacial score (nSPS) is 11.1. The monoisotopic (exact) mass is 217 g/mol. The van der Waals surface area contributed by atoms with Gasteiger partial charge in [0.2, 0.25) is 0 Å². The predicted molar refractivity (Wildman–Crippen MR) is 69.2 cm³/mol. The van der Waals surface area contributed by atoms with Crippen molar-refractivity contribution in [3.8, 4) is 0 Å². The van der Waals surface area contributed by atoms with E-state index in [2.05, 4.69) is 25.4 Å². The maximum absolute atomic E-state index is 3.51. The van der Waals surface area contributed by atoms with Crippen molar-refractivity contribution in [3.05, 3.63) is 0 Å². The third-order valence-corrected chi connectivity index (χ3v) is 3.03. The second kappa shape index (κ2) is 11.4. The molecule has 0 rings (SSSR count). The highest BCUT2D eigenvalue weighted by Gasteiger charge is 1.93. The minimum Gasteiger partial charge on any atom is -0.317 e. The zero-order valence-corrected chi connectivity index (χ0v) is 11.0. The molecule has 0 aliphatic heterocycles. The molecule has 0 aromatic carbocycles. The van der Waals surface area contributed by atoms with Gasteiger partial charge in [0.15, 0.2) is 0 Å². The molecule has 2 heteroatoms. The first-order valence-electron chi connectivity index (χ1n) is 5.97. The first-order valence-corrected chi connectivity index (χ1v) is 7.36. The van der Waals surface area contributed by atoms with Crippen molar-refractivity contribution in [2.75, 3.05) is 25.1 Å². The van der Waals surface area contributed by atoms with Crippen LogP contribution < -0.4 is 5.32 Å². The summed E-state index contributed by atoms with van der Waals surface area (Å²) in [6.45, 7) is 7.03. The summed E-state index contributed by atoms with van der Waals surface area (Å²) in [4.78, 5) is 0. The second-order valence-electron chi connectivity index (χ2n) is 4.34. The Labute approximate surface area is 94.4 Å². The van der Waals surface area contributed by atoms with Gasteiger partial charge in [0.05, 0.1) is 0 Å². The average molecular weight is 217 g/mol. The van der Waals surface area contributed by atoms with E-state index < -0.39 is 0 Å². The van der Waals surface area contributed by atoms with E-state index in [0.29, 0.717) is 0 Å². The van der Waals surface area contributed by atoms with Crippen LogP contribution in [-0.2, 0) is 0 Å². The summed E-state index contributed by atoms with van der Waals surface area (Å²) < 4.78 is 0. The summed E-state index contributed by atoms with van der Waals surface area (Å²) in [5.74, 6) is 2.19. The van der Waals surface area contributed by atoms with E-state index in [1.54, 1.807) is 0 Å². The van der Waals surface area contributed by atoms with Gasteiger partial charge in [-0.1, -0.05) is 26.7 Å². The summed E-state index contributed by atoms with van der Waals surface area (Å²) in [5.41, 5.74) is 0. The van der Waals surface area contributed by atoms with Crippen LogP contribution in [0, 0.1) is 5.92 Å². The zero-order valence-electron chi connectivity index (χ0n) is 10.1. The molecule has 0 aliphatic rings. The molecule has 0 radical (unpaired) electrons. The summed E-state index contributed by atoms with van der Waals surface area (Å²) in [5, 5.41) is 3.51. The van der Waals surface area contributed by atoms with Gasteiger partial charge in [-0.05, 0) is 50.3 Å². The fraction of sp³-hybridized carbons (Fsp3) is 1.00. The third-order valence-electron chi connectivity index (χ3n) is 2.34. The van der Waals surface area contributed by atoms with E-state index in [1.807, 2.05) is 11.8 Å². The van der Waals surface area contributed by atoms with Crippen LogP contribution in [0.5, 0.6) is 0 Å². The van der Waals surface area contributed by atoms with Gasteiger partial charge in [0.25, 0.3) is 0 Å². The van der Waals surface area contributed by atoms with E-state index in [1.165, 1.54) is 50.9 Å². The fourth-order valence-corrected chi connectivity index (χ4v) is 1.92. The Kier molecular flexibility index (Phi) is 11.6. The van der Waals surface area contributed by atoms with Crippen molar-refractivity contribution in [3.63, 3.8) is 0 Å². The van der Waals surface area contributed by atoms with Crippen molar-refractivity contribution in [2.45, 2.75) is 46.0 Å². The van der Waals surface area contributed by atoms with E-state index in [9.17, 15) is 0 Å². The summed E-state index contributed by atoms with van der Waals surface area (Å²) in [6.07, 6.45) is 8.99. The lowest BCUT2D eigenvalue weighted by Gasteiger charge is -2.05. The highest BCUT2D eigenvalue weighted by atomic mass is 32.2. The molecule has 0 saturated heterocycles. The van der Waals surface area contributed by atoms with Crippen LogP contribution >= 0.6 is 11.8 Å². The molecule has 1 N–H and O–H groups in total. The van der Waals surface area contributed by atoms with Crippen molar-refractivity contribution in [1.29, 1.82) is 0 Å². The molecule has 0 aliphatic carbocycles. The van der Waals surface area contributed by atoms with E-state index >= 15 is 0 Å². The average Bonchev–Trinajstić information content (AvgIpc) is 2.15. The molecule has 86 valence electrons. The highest BCUT2D eigenvalue weighted by molar-refractivity contribution is 7.98. The first kappa shape index (κ1) is 14.3. The van der Waals surface area contributed by atoms with E-state index in [-0.39, 0.29) is 0 Å². The molecule has 1 nitrogen and oxygen atoms in total. The number of hydrogen-bond donors (Lipinski definition) is 1. The molecule has 0 heterocycles. The molecule has 0 bridgehead atoms. The van der Waals surface area contributed by atoms with Gasteiger partial charge in [0, 0.05) is 0 Å². The Morgan fingerprint density at radius 3 is 2.21 bits per heavy atom. The van der Waals surface area contributed by atoms with Gasteiger partial charge in [-0.25, -0.2) is 0 Å². The molecular formula is C12H27NS. The molecule has 0 spiro atoms. The molecule has 0 aromatic heterocycles. The Morgan fingerprint density at radius 1 is 1.00 bits per heavy atom. The lowest BCUT2D eigenvalue weighted by atomic mass is 10.1. The Morgan fingerprint density at radius 2 is 1.64 bits per heavy atom. The number of unbranched alkanes of at least 4 members (excludes halogenated alkanes) is 2. The second-order valence-corrected chi connectivity index (χ2v) is 5.33. The van der Waals surface area contributed by atoms with E-state index in [4.69, 9.17) is 0 Å². The van der Waals surface area contributed by atoms with Crippen LogP contribution in [0.25, 0.3) is 0 Å². The predicted octanol–water partition coefficient (Wildman–Crippen LogP) is 3.55. The lowest BCUT2D eigenvalue weighted by Crippen LogP contribution is -2.16. The van der Waals surface area contributed by atoms with Gasteiger partial charge in [0.1, 0.15) is 0 Å². The minimum atomic E-state index is 0.872. The van der Waals surface area contributed by atoms with Gasteiger partial charge in [-0.15, -0.1) is 0 Å². The van der Waals surface area contributed by atoms with Crippen molar-refractivity contribution < 1.29 is 0 Å². The van der Waals surface area contributed by atoms with Crippen LogP contribution in [0.3, 0.4) is 0 Å². The molecule has 0 amide bonds. The largest absolute Gasteiger partial charge is 0.317 e. The van der Waals surface area contributed by atoms with Crippen LogP contribution in [-0.4, -0.2) is 25.1 Å². The van der Waals surface area contributed by atoms with Crippen LogP contribution in [0.2, 0.25) is 0 Å². The van der Waals surface area contributed by atoms with Crippen LogP contribution in [0.1, 0.15) is 46.0 Å². The number of nitrogens with one attached hydrogen (secondary N) is 1. The topological polar surface area (TPSA) is 12.0 Å². The summed E-state index contributed by atoms with van der Waals surface area (Å²) in [6, 6.07) is 0. The minimum absolute atomic E-state index is 0.872. The molecule has 0 unspecified atom stereocenters. The molecule has 14 heavy (non-hydrogen) atoms. The maximum Gasteiger partial charge on any atom is -0.00486 e. The zero-order chi connectivity index (χ0) is 10.6. The Hall–Kier alpha value is 0.310. The van der Waals surface area contributed by atoms with Gasteiger partial charge >= 0.3 is 0 Å². The Bertz CT molecular complexity index is 104. The number of hydrogen-bond acceptors (Lipinski definition) is 2. The van der Waals surface area contributed by atoms with Gasteiger partial charge < -0.3 is 5.32 Å². The number of thioether (sulfide) groups is 1. The third kappa shape index (κ3) is 12.3. The molecule has 0 aromatic rings. The molecule has 0 fully saturated rings. The van der Waals surface area contributed by atoms with E-state index in [0.717, 1.165) is 5.92 Å². The standard InChI is InChI=1S/C12H27NS/c1-12(2)8-4-5-9-13-10-6-7-11-14-3/h12-13H,4-11H2,1-3H3. The van der Waals surface area contributed by atoms with Crippen LogP contribution in [0.15, 0.2) is 0 Å². The van der Waals surface area contributed by atoms with Crippen molar-refractivity contribution >= 4 is 11.8 Å². The SMILES string of the molecule is CSCCCCNCCCCC(C)C. The lowest BCUT2D eigenvalue weighted by molar-refractivity contribution is 0.518. The summed E-state index contributed by atoms with van der Waals surface area (Å²) >= 11 is 1.95. The molecule has 0 atom stereocenters. The number of rotatable bonds is 10.